The van der Waals surface area contributed by atoms with Gasteiger partial charge in [0.05, 0.1) is 17.2 Å². The van der Waals surface area contributed by atoms with E-state index < -0.39 is 0 Å². The van der Waals surface area contributed by atoms with Crippen LogP contribution in [0.2, 0.25) is 0 Å². The first kappa shape index (κ1) is 9.96. The number of hydrogen-bond donors (Lipinski definition) is 1. The van der Waals surface area contributed by atoms with Crippen LogP contribution in [0.15, 0.2) is 36.7 Å². The smallest absolute Gasteiger partial charge is 0.142 e. The molecule has 84 valence electrons. The van der Waals surface area contributed by atoms with E-state index in [9.17, 15) is 4.39 Å². The molecule has 0 fully saturated rings. The Morgan fingerprint density at radius 3 is 2.94 bits per heavy atom. The first-order chi connectivity index (χ1) is 8.24. The van der Waals surface area contributed by atoms with Gasteiger partial charge in [-0.1, -0.05) is 12.1 Å². The molecule has 17 heavy (non-hydrogen) atoms. The van der Waals surface area contributed by atoms with E-state index in [1.165, 1.54) is 12.3 Å². The first-order valence-electron chi connectivity index (χ1n) is 5.30. The van der Waals surface area contributed by atoms with E-state index in [0.29, 0.717) is 0 Å². The second-order valence-electron chi connectivity index (χ2n) is 3.92. The van der Waals surface area contributed by atoms with Crippen LogP contribution in [0.1, 0.15) is 5.82 Å². The van der Waals surface area contributed by atoms with Crippen LogP contribution >= 0.6 is 0 Å². The SMILES string of the molecule is Cc1nc2c(-c3cncc(F)c3)cccc2[nH]1. The maximum absolute atomic E-state index is 13.2. The number of aromatic nitrogens is 3. The maximum atomic E-state index is 13.2. The Kier molecular flexibility index (Phi) is 2.14. The molecular formula is C13H10FN3. The predicted octanol–water partition coefficient (Wildman–Crippen LogP) is 3.07. The van der Waals surface area contributed by atoms with E-state index in [1.54, 1.807) is 6.20 Å². The molecule has 0 radical (unpaired) electrons. The summed E-state index contributed by atoms with van der Waals surface area (Å²) in [5.41, 5.74) is 3.42. The van der Waals surface area contributed by atoms with Crippen molar-refractivity contribution in [1.29, 1.82) is 0 Å². The lowest BCUT2D eigenvalue weighted by atomic mass is 10.1. The molecule has 4 heteroatoms. The molecule has 0 bridgehead atoms. The van der Waals surface area contributed by atoms with E-state index >= 15 is 0 Å². The second kappa shape index (κ2) is 3.66. The predicted molar refractivity (Wildman–Crippen MR) is 64.0 cm³/mol. The van der Waals surface area contributed by atoms with Gasteiger partial charge in [-0.05, 0) is 19.1 Å². The molecule has 0 atom stereocenters. The van der Waals surface area contributed by atoms with Gasteiger partial charge < -0.3 is 4.98 Å². The van der Waals surface area contributed by atoms with Crippen molar-refractivity contribution in [2.45, 2.75) is 6.92 Å². The summed E-state index contributed by atoms with van der Waals surface area (Å²) < 4.78 is 13.2. The molecule has 3 rings (SSSR count). The number of halogens is 1. The lowest BCUT2D eigenvalue weighted by Crippen LogP contribution is -1.84. The maximum Gasteiger partial charge on any atom is 0.142 e. The average Bonchev–Trinajstić information content (AvgIpc) is 2.68. The number of nitrogens with zero attached hydrogens (tertiary/aromatic N) is 2. The van der Waals surface area contributed by atoms with Crippen LogP contribution in [0.5, 0.6) is 0 Å². The zero-order chi connectivity index (χ0) is 11.8. The quantitative estimate of drug-likeness (QED) is 0.694. The van der Waals surface area contributed by atoms with Crippen molar-refractivity contribution in [2.75, 3.05) is 0 Å². The minimum Gasteiger partial charge on any atom is -0.342 e. The Balaban J connectivity index is 2.30. The fraction of sp³-hybridized carbons (Fsp3) is 0.0769. The van der Waals surface area contributed by atoms with Crippen LogP contribution in [0.25, 0.3) is 22.2 Å². The van der Waals surface area contributed by atoms with Crippen LogP contribution in [-0.2, 0) is 0 Å². The van der Waals surface area contributed by atoms with Crippen molar-refractivity contribution in [2.24, 2.45) is 0 Å². The Bertz CT molecular complexity index is 688. The van der Waals surface area contributed by atoms with E-state index in [0.717, 1.165) is 28.0 Å². The van der Waals surface area contributed by atoms with Crippen molar-refractivity contribution < 1.29 is 4.39 Å². The number of rotatable bonds is 1. The number of pyridine rings is 1. The van der Waals surface area contributed by atoms with Crippen molar-refractivity contribution >= 4 is 11.0 Å². The highest BCUT2D eigenvalue weighted by Crippen LogP contribution is 2.26. The van der Waals surface area contributed by atoms with E-state index in [-0.39, 0.29) is 5.82 Å². The number of aryl methyl sites for hydroxylation is 1. The van der Waals surface area contributed by atoms with Gasteiger partial charge in [-0.25, -0.2) is 9.37 Å². The fourth-order valence-corrected chi connectivity index (χ4v) is 1.95. The van der Waals surface area contributed by atoms with Crippen LogP contribution in [0.3, 0.4) is 0 Å². The summed E-state index contributed by atoms with van der Waals surface area (Å²) in [5, 5.41) is 0. The summed E-state index contributed by atoms with van der Waals surface area (Å²) in [4.78, 5) is 11.4. The lowest BCUT2D eigenvalue weighted by Gasteiger charge is -2.01. The summed E-state index contributed by atoms with van der Waals surface area (Å²) >= 11 is 0. The van der Waals surface area contributed by atoms with Crippen molar-refractivity contribution in [3.63, 3.8) is 0 Å². The highest BCUT2D eigenvalue weighted by atomic mass is 19.1. The number of H-pyrrole nitrogens is 1. The van der Waals surface area contributed by atoms with Crippen LogP contribution in [0, 0.1) is 12.7 Å². The molecule has 0 saturated heterocycles. The third-order valence-corrected chi connectivity index (χ3v) is 2.65. The van der Waals surface area contributed by atoms with Crippen LogP contribution in [-0.4, -0.2) is 15.0 Å². The Labute approximate surface area is 97.3 Å². The third-order valence-electron chi connectivity index (χ3n) is 2.65. The molecule has 1 aromatic carbocycles. The summed E-state index contributed by atoms with van der Waals surface area (Å²) in [6.45, 7) is 1.90. The highest BCUT2D eigenvalue weighted by Gasteiger charge is 2.08. The molecule has 0 aliphatic heterocycles. The van der Waals surface area contributed by atoms with E-state index in [4.69, 9.17) is 0 Å². The topological polar surface area (TPSA) is 41.6 Å². The molecule has 2 heterocycles. The van der Waals surface area contributed by atoms with Gasteiger partial charge in [-0.3, -0.25) is 4.98 Å². The molecule has 0 aliphatic carbocycles. The van der Waals surface area contributed by atoms with Gasteiger partial charge in [-0.15, -0.1) is 0 Å². The number of para-hydroxylation sites is 1. The molecule has 2 aromatic heterocycles. The molecule has 0 spiro atoms. The Morgan fingerprint density at radius 2 is 2.12 bits per heavy atom. The molecule has 0 saturated carbocycles. The number of aromatic amines is 1. The fourth-order valence-electron chi connectivity index (χ4n) is 1.95. The monoisotopic (exact) mass is 227 g/mol. The van der Waals surface area contributed by atoms with Crippen LogP contribution < -0.4 is 0 Å². The molecule has 3 aromatic rings. The summed E-state index contributed by atoms with van der Waals surface area (Å²) in [6, 6.07) is 7.25. The normalized spacial score (nSPS) is 10.9. The van der Waals surface area contributed by atoms with Gasteiger partial charge in [0, 0.05) is 17.3 Å². The Hall–Kier alpha value is -2.23. The summed E-state index contributed by atoms with van der Waals surface area (Å²) in [6.07, 6.45) is 2.83. The number of imidazole rings is 1. The highest BCUT2D eigenvalue weighted by molar-refractivity contribution is 5.91. The molecular weight excluding hydrogens is 217 g/mol. The van der Waals surface area contributed by atoms with Gasteiger partial charge in [0.25, 0.3) is 0 Å². The molecule has 0 amide bonds. The number of fused-ring (bicyclic) bond motifs is 1. The van der Waals surface area contributed by atoms with Crippen molar-refractivity contribution in [1.82, 2.24) is 15.0 Å². The number of benzene rings is 1. The molecule has 0 aliphatic rings. The van der Waals surface area contributed by atoms with Crippen molar-refractivity contribution in [3.05, 3.63) is 48.3 Å². The first-order valence-corrected chi connectivity index (χ1v) is 5.30. The zero-order valence-electron chi connectivity index (χ0n) is 9.24. The van der Waals surface area contributed by atoms with Crippen LogP contribution in [0.4, 0.5) is 4.39 Å². The van der Waals surface area contributed by atoms with Gasteiger partial charge in [-0.2, -0.15) is 0 Å². The summed E-state index contributed by atoms with van der Waals surface area (Å²) in [7, 11) is 0. The second-order valence-corrected chi connectivity index (χ2v) is 3.92. The molecule has 0 unspecified atom stereocenters. The van der Waals surface area contributed by atoms with E-state index in [2.05, 4.69) is 15.0 Å². The zero-order valence-corrected chi connectivity index (χ0v) is 9.24. The van der Waals surface area contributed by atoms with E-state index in [1.807, 2.05) is 25.1 Å². The summed E-state index contributed by atoms with van der Waals surface area (Å²) in [5.74, 6) is 0.503. The standard InChI is InChI=1S/C13H10FN3/c1-8-16-12-4-2-3-11(13(12)17-8)9-5-10(14)7-15-6-9/h2-7H,1H3,(H,16,17). The Morgan fingerprint density at radius 1 is 1.24 bits per heavy atom. The molecule has 1 N–H and O–H groups in total. The number of nitrogens with one attached hydrogen (secondary N) is 1. The number of hydrogen-bond acceptors (Lipinski definition) is 2. The minimum atomic E-state index is -0.341. The third kappa shape index (κ3) is 1.67. The van der Waals surface area contributed by atoms with Gasteiger partial charge in [0.2, 0.25) is 0 Å². The molecule has 3 nitrogen and oxygen atoms in total. The van der Waals surface area contributed by atoms with Gasteiger partial charge >= 0.3 is 0 Å². The minimum absolute atomic E-state index is 0.341. The van der Waals surface area contributed by atoms with Gasteiger partial charge in [0.15, 0.2) is 0 Å². The average molecular weight is 227 g/mol. The van der Waals surface area contributed by atoms with Crippen molar-refractivity contribution in [3.8, 4) is 11.1 Å². The van der Waals surface area contributed by atoms with Gasteiger partial charge in [0.1, 0.15) is 11.6 Å². The lowest BCUT2D eigenvalue weighted by molar-refractivity contribution is 0.622. The largest absolute Gasteiger partial charge is 0.342 e.